The van der Waals surface area contributed by atoms with Gasteiger partial charge >= 0.3 is 0 Å². The number of ether oxygens (including phenoxy) is 1. The Hall–Kier alpha value is -1.17. The zero-order chi connectivity index (χ0) is 12.8. The minimum atomic E-state index is -1.03. The fraction of sp³-hybridized carbons (Fsp3) is 0.455. The zero-order valence-corrected chi connectivity index (χ0v) is 11.3. The molecule has 1 aliphatic rings. The number of halogens is 2. The Bertz CT molecular complexity index is 377. The summed E-state index contributed by atoms with van der Waals surface area (Å²) >= 11 is 2.91. The van der Waals surface area contributed by atoms with E-state index in [1.54, 1.807) is 12.2 Å². The van der Waals surface area contributed by atoms with Gasteiger partial charge in [0.1, 0.15) is 11.9 Å². The number of rotatable bonds is 2. The van der Waals surface area contributed by atoms with Crippen LogP contribution in [0.2, 0.25) is 0 Å². The molecule has 1 atom stereocenters. The number of aliphatic imine (C=N–C) groups is 1. The molecule has 0 fully saturated rings. The van der Waals surface area contributed by atoms with Gasteiger partial charge < -0.3 is 10.1 Å². The predicted octanol–water partition coefficient (Wildman–Crippen LogP) is 2.87. The summed E-state index contributed by atoms with van der Waals surface area (Å²) in [6.07, 6.45) is 3.91. The highest BCUT2D eigenvalue weighted by Crippen LogP contribution is 2.16. The lowest BCUT2D eigenvalue weighted by Crippen LogP contribution is -2.33. The first-order valence-electron chi connectivity index (χ1n) is 5.26. The molecule has 4 nitrogen and oxygen atoms in total. The molecule has 0 aliphatic heterocycles. The summed E-state index contributed by atoms with van der Waals surface area (Å²) in [4.78, 5) is 3.83. The second-order valence-electron chi connectivity index (χ2n) is 3.85. The van der Waals surface area contributed by atoms with Gasteiger partial charge in [-0.25, -0.2) is 4.39 Å². The summed E-state index contributed by atoms with van der Waals surface area (Å²) in [7, 11) is 0. The molecule has 0 aromatic rings. The summed E-state index contributed by atoms with van der Waals surface area (Å²) in [5.41, 5.74) is 0. The molecular formula is C11H15BrFN3O. The van der Waals surface area contributed by atoms with Gasteiger partial charge in [-0.15, -0.1) is 0 Å². The smallest absolute Gasteiger partial charge is 0.297 e. The van der Waals surface area contributed by atoms with Gasteiger partial charge in [0, 0.05) is 12.5 Å². The fourth-order valence-electron chi connectivity index (χ4n) is 1.23. The van der Waals surface area contributed by atoms with Gasteiger partial charge in [-0.2, -0.15) is 4.99 Å². The maximum absolute atomic E-state index is 13.1. The quantitative estimate of drug-likeness (QED) is 0.468. The van der Waals surface area contributed by atoms with Crippen molar-refractivity contribution in [1.82, 2.24) is 5.32 Å². The second kappa shape index (κ2) is 6.54. The third-order valence-corrected chi connectivity index (χ3v) is 2.02. The van der Waals surface area contributed by atoms with E-state index in [-0.39, 0.29) is 23.2 Å². The zero-order valence-electron chi connectivity index (χ0n) is 9.71. The average Bonchev–Trinajstić information content (AvgIpc) is 2.14. The van der Waals surface area contributed by atoms with E-state index < -0.39 is 6.17 Å². The molecule has 6 heteroatoms. The summed E-state index contributed by atoms with van der Waals surface area (Å²) in [6, 6.07) is 0.303. The molecule has 0 aromatic heterocycles. The number of nitrogens with one attached hydrogen (secondary N) is 2. The molecule has 0 saturated carbocycles. The molecule has 0 amide bonds. The Morgan fingerprint density at radius 3 is 2.94 bits per heavy atom. The number of nitrogens with zero attached hydrogens (tertiary/aromatic N) is 1. The molecule has 2 N–H and O–H groups in total. The van der Waals surface area contributed by atoms with E-state index >= 15 is 0 Å². The van der Waals surface area contributed by atoms with Crippen molar-refractivity contribution < 1.29 is 9.13 Å². The Morgan fingerprint density at radius 1 is 1.71 bits per heavy atom. The largest absolute Gasteiger partial charge is 0.430 e. The number of alkyl halides is 1. The number of amidine groups is 2. The van der Waals surface area contributed by atoms with Gasteiger partial charge in [0.25, 0.3) is 6.02 Å². The lowest BCUT2D eigenvalue weighted by molar-refractivity contribution is 0.309. The molecule has 0 bridgehead atoms. The minimum Gasteiger partial charge on any atom is -0.430 e. The van der Waals surface area contributed by atoms with Gasteiger partial charge in [-0.3, -0.25) is 5.41 Å². The molecule has 0 spiro atoms. The second-order valence-corrected chi connectivity index (χ2v) is 4.60. The number of hydrogen-bond donors (Lipinski definition) is 2. The standard InChI is InChI=1S/C11H15BrFN3O/c1-7(2)15-11(16-10(12)14)17-9-5-3-4-8(13)6-9/h3-5,7-8H,6H2,1-2H3,(H2,14,15,16). The maximum atomic E-state index is 13.1. The first-order chi connectivity index (χ1) is 7.97. The highest BCUT2D eigenvalue weighted by molar-refractivity contribution is 9.18. The number of hydrogen-bond acceptors (Lipinski definition) is 2. The van der Waals surface area contributed by atoms with Crippen LogP contribution >= 0.6 is 15.9 Å². The molecule has 1 rings (SSSR count). The summed E-state index contributed by atoms with van der Waals surface area (Å²) in [6.45, 7) is 3.84. The van der Waals surface area contributed by atoms with Crippen molar-refractivity contribution in [1.29, 1.82) is 5.41 Å². The first kappa shape index (κ1) is 13.9. The Labute approximate surface area is 108 Å². The molecule has 1 unspecified atom stereocenters. The van der Waals surface area contributed by atoms with E-state index in [2.05, 4.69) is 26.2 Å². The van der Waals surface area contributed by atoms with Gasteiger partial charge in [0.05, 0.1) is 0 Å². The van der Waals surface area contributed by atoms with Crippen molar-refractivity contribution in [2.45, 2.75) is 32.5 Å². The average molecular weight is 304 g/mol. The SMILES string of the molecule is CC(C)N/C(=N\C(=N)Br)OC1=CC=CC(F)C1. The van der Waals surface area contributed by atoms with Crippen LogP contribution in [0.4, 0.5) is 4.39 Å². The van der Waals surface area contributed by atoms with Crippen molar-refractivity contribution in [3.8, 4) is 0 Å². The van der Waals surface area contributed by atoms with Crippen LogP contribution < -0.4 is 5.32 Å². The van der Waals surface area contributed by atoms with Crippen LogP contribution in [-0.2, 0) is 4.74 Å². The predicted molar refractivity (Wildman–Crippen MR) is 70.2 cm³/mol. The molecule has 17 heavy (non-hydrogen) atoms. The summed E-state index contributed by atoms with van der Waals surface area (Å²) < 4.78 is 18.5. The van der Waals surface area contributed by atoms with Gasteiger partial charge in [-0.05, 0) is 35.9 Å². The van der Waals surface area contributed by atoms with E-state index in [1.165, 1.54) is 6.08 Å². The Morgan fingerprint density at radius 2 is 2.41 bits per heavy atom. The third-order valence-electron chi connectivity index (χ3n) is 1.84. The molecule has 1 aliphatic carbocycles. The van der Waals surface area contributed by atoms with Crippen molar-refractivity contribution >= 4 is 26.7 Å². The van der Waals surface area contributed by atoms with Gasteiger partial charge in [0.15, 0.2) is 4.74 Å². The van der Waals surface area contributed by atoms with Crippen molar-refractivity contribution in [3.63, 3.8) is 0 Å². The van der Waals surface area contributed by atoms with Crippen molar-refractivity contribution in [2.75, 3.05) is 0 Å². The topological polar surface area (TPSA) is 57.5 Å². The van der Waals surface area contributed by atoms with E-state index in [4.69, 9.17) is 10.1 Å². The highest BCUT2D eigenvalue weighted by Gasteiger charge is 2.14. The van der Waals surface area contributed by atoms with E-state index in [9.17, 15) is 4.39 Å². The lowest BCUT2D eigenvalue weighted by atomic mass is 10.1. The van der Waals surface area contributed by atoms with E-state index in [1.807, 2.05) is 13.8 Å². The Balaban J connectivity index is 2.69. The van der Waals surface area contributed by atoms with Crippen LogP contribution in [0, 0.1) is 5.41 Å². The maximum Gasteiger partial charge on any atom is 0.297 e. The monoisotopic (exact) mass is 303 g/mol. The van der Waals surface area contributed by atoms with Crippen LogP contribution in [0.5, 0.6) is 0 Å². The molecule has 0 radical (unpaired) electrons. The fourth-order valence-corrected chi connectivity index (χ4v) is 1.39. The molecule has 0 saturated heterocycles. The van der Waals surface area contributed by atoms with Crippen LogP contribution in [0.15, 0.2) is 29.0 Å². The highest BCUT2D eigenvalue weighted by atomic mass is 79.9. The van der Waals surface area contributed by atoms with Gasteiger partial charge in [-0.1, -0.05) is 12.2 Å². The molecule has 0 heterocycles. The molecule has 0 aromatic carbocycles. The number of allylic oxidation sites excluding steroid dienone is 4. The van der Waals surface area contributed by atoms with Gasteiger partial charge in [0.2, 0.25) is 0 Å². The first-order valence-corrected chi connectivity index (χ1v) is 6.05. The van der Waals surface area contributed by atoms with Crippen molar-refractivity contribution in [2.24, 2.45) is 4.99 Å². The van der Waals surface area contributed by atoms with Crippen LogP contribution in [0.25, 0.3) is 0 Å². The normalized spacial score (nSPS) is 20.2. The lowest BCUT2D eigenvalue weighted by Gasteiger charge is -2.17. The summed E-state index contributed by atoms with van der Waals surface area (Å²) in [5, 5.41) is 10.2. The van der Waals surface area contributed by atoms with Crippen molar-refractivity contribution in [3.05, 3.63) is 24.0 Å². The summed E-state index contributed by atoms with van der Waals surface area (Å²) in [5.74, 6) is 0.487. The minimum absolute atomic E-state index is 0.0515. The van der Waals surface area contributed by atoms with E-state index in [0.717, 1.165) is 0 Å². The van der Waals surface area contributed by atoms with E-state index in [0.29, 0.717) is 5.76 Å². The Kier molecular flexibility index (Phi) is 5.34. The van der Waals surface area contributed by atoms with Crippen LogP contribution in [-0.4, -0.2) is 23.0 Å². The molecule has 94 valence electrons. The molecular weight excluding hydrogens is 289 g/mol. The van der Waals surface area contributed by atoms with Crippen LogP contribution in [0.1, 0.15) is 20.3 Å². The third kappa shape index (κ3) is 5.63. The van der Waals surface area contributed by atoms with Crippen LogP contribution in [0.3, 0.4) is 0 Å².